The van der Waals surface area contributed by atoms with E-state index in [4.69, 9.17) is 5.11 Å². The number of aliphatic hydroxyl groups is 1. The van der Waals surface area contributed by atoms with Crippen LogP contribution in [0.5, 0.6) is 0 Å². The molecule has 2 heterocycles. The molecule has 0 aliphatic rings. The van der Waals surface area contributed by atoms with Crippen molar-refractivity contribution in [2.45, 2.75) is 6.54 Å². The lowest BCUT2D eigenvalue weighted by Gasteiger charge is -2.06. The molecule has 1 amide bonds. The third-order valence-corrected chi connectivity index (χ3v) is 3.41. The Hall–Kier alpha value is -3.50. The molecule has 0 saturated carbocycles. The van der Waals surface area contributed by atoms with E-state index in [-0.39, 0.29) is 17.9 Å². The summed E-state index contributed by atoms with van der Waals surface area (Å²) in [6.07, 6.45) is 4.10. The first-order valence-electron chi connectivity index (χ1n) is 7.48. The van der Waals surface area contributed by atoms with Crippen LogP contribution in [0.2, 0.25) is 0 Å². The zero-order valence-electron chi connectivity index (χ0n) is 13.1. The summed E-state index contributed by atoms with van der Waals surface area (Å²) in [5.74, 6) is 4.79. The third-order valence-electron chi connectivity index (χ3n) is 3.41. The summed E-state index contributed by atoms with van der Waals surface area (Å²) in [7, 11) is 0. The SMILES string of the molecule is O=C(NCc1ccccc1)c1cnc2ncc(C#CCO)cn2c1=O. The summed E-state index contributed by atoms with van der Waals surface area (Å²) in [4.78, 5) is 32.9. The lowest BCUT2D eigenvalue weighted by Crippen LogP contribution is -2.31. The Labute approximate surface area is 143 Å². The normalized spacial score (nSPS) is 10.1. The zero-order chi connectivity index (χ0) is 17.6. The maximum atomic E-state index is 12.5. The van der Waals surface area contributed by atoms with Crippen LogP contribution in [0.3, 0.4) is 0 Å². The molecule has 3 aromatic rings. The molecule has 0 saturated heterocycles. The number of amides is 1. The highest BCUT2D eigenvalue weighted by Gasteiger charge is 2.13. The van der Waals surface area contributed by atoms with E-state index in [1.54, 1.807) is 0 Å². The summed E-state index contributed by atoms with van der Waals surface area (Å²) in [6, 6.07) is 9.38. The second-order valence-corrected chi connectivity index (χ2v) is 5.12. The van der Waals surface area contributed by atoms with E-state index in [1.165, 1.54) is 23.0 Å². The van der Waals surface area contributed by atoms with Gasteiger partial charge in [0.05, 0.1) is 5.56 Å². The number of aromatic nitrogens is 3. The van der Waals surface area contributed by atoms with Gasteiger partial charge in [-0.15, -0.1) is 0 Å². The second-order valence-electron chi connectivity index (χ2n) is 5.12. The molecule has 2 N–H and O–H groups in total. The van der Waals surface area contributed by atoms with Crippen molar-refractivity contribution in [2.75, 3.05) is 6.61 Å². The van der Waals surface area contributed by atoms with E-state index in [9.17, 15) is 9.59 Å². The zero-order valence-corrected chi connectivity index (χ0v) is 13.1. The fourth-order valence-corrected chi connectivity index (χ4v) is 2.21. The first-order valence-corrected chi connectivity index (χ1v) is 7.48. The molecule has 0 unspecified atom stereocenters. The van der Waals surface area contributed by atoms with E-state index < -0.39 is 11.5 Å². The standard InChI is InChI=1S/C18H14N4O3/c23-8-4-7-14-10-20-18-21-11-15(17(25)22(18)12-14)16(24)19-9-13-5-2-1-3-6-13/h1-3,5-6,10-12,23H,8-9H2,(H,19,24). The Kier molecular flexibility index (Phi) is 4.83. The van der Waals surface area contributed by atoms with Gasteiger partial charge in [0, 0.05) is 25.1 Å². The number of nitrogens with zero attached hydrogens (tertiary/aromatic N) is 3. The van der Waals surface area contributed by atoms with Gasteiger partial charge >= 0.3 is 0 Å². The van der Waals surface area contributed by atoms with Gasteiger partial charge < -0.3 is 10.4 Å². The van der Waals surface area contributed by atoms with Crippen molar-refractivity contribution in [3.05, 3.63) is 76.0 Å². The number of carbonyl (C=O) groups is 1. The molecule has 124 valence electrons. The molecule has 0 radical (unpaired) electrons. The highest BCUT2D eigenvalue weighted by molar-refractivity contribution is 5.93. The third kappa shape index (κ3) is 3.71. The van der Waals surface area contributed by atoms with Gasteiger partial charge in [-0.25, -0.2) is 14.4 Å². The van der Waals surface area contributed by atoms with Crippen LogP contribution in [0.25, 0.3) is 5.78 Å². The van der Waals surface area contributed by atoms with E-state index >= 15 is 0 Å². The minimum Gasteiger partial charge on any atom is -0.384 e. The van der Waals surface area contributed by atoms with Gasteiger partial charge in [-0.2, -0.15) is 0 Å². The average molecular weight is 334 g/mol. The van der Waals surface area contributed by atoms with Crippen molar-refractivity contribution in [1.29, 1.82) is 0 Å². The summed E-state index contributed by atoms with van der Waals surface area (Å²) in [5, 5.41) is 11.4. The summed E-state index contributed by atoms with van der Waals surface area (Å²) in [6.45, 7) is 0.00913. The largest absolute Gasteiger partial charge is 0.384 e. The van der Waals surface area contributed by atoms with Crippen molar-refractivity contribution in [1.82, 2.24) is 19.7 Å². The molecular weight excluding hydrogens is 320 g/mol. The van der Waals surface area contributed by atoms with Crippen LogP contribution in [-0.2, 0) is 6.54 Å². The molecule has 7 nitrogen and oxygen atoms in total. The quantitative estimate of drug-likeness (QED) is 0.674. The van der Waals surface area contributed by atoms with Gasteiger partial charge in [0.25, 0.3) is 11.5 Å². The Morgan fingerprint density at radius 3 is 2.72 bits per heavy atom. The van der Waals surface area contributed by atoms with E-state index in [0.29, 0.717) is 12.1 Å². The lowest BCUT2D eigenvalue weighted by molar-refractivity contribution is 0.0949. The van der Waals surface area contributed by atoms with E-state index in [1.807, 2.05) is 30.3 Å². The molecule has 0 fully saturated rings. The number of rotatable bonds is 3. The van der Waals surface area contributed by atoms with Crippen LogP contribution in [0.4, 0.5) is 0 Å². The van der Waals surface area contributed by atoms with Crippen molar-refractivity contribution in [2.24, 2.45) is 0 Å². The van der Waals surface area contributed by atoms with Crippen LogP contribution in [0, 0.1) is 11.8 Å². The van der Waals surface area contributed by atoms with Crippen molar-refractivity contribution >= 4 is 11.7 Å². The second kappa shape index (κ2) is 7.38. The van der Waals surface area contributed by atoms with Gasteiger partial charge in [-0.3, -0.25) is 9.59 Å². The van der Waals surface area contributed by atoms with Crippen LogP contribution >= 0.6 is 0 Å². The molecule has 1 aromatic carbocycles. The molecule has 2 aromatic heterocycles. The molecule has 0 atom stereocenters. The average Bonchev–Trinajstić information content (AvgIpc) is 2.66. The first kappa shape index (κ1) is 16.4. The van der Waals surface area contributed by atoms with Crippen LogP contribution < -0.4 is 10.9 Å². The lowest BCUT2D eigenvalue weighted by atomic mass is 10.2. The van der Waals surface area contributed by atoms with E-state index in [2.05, 4.69) is 27.1 Å². The van der Waals surface area contributed by atoms with Crippen molar-refractivity contribution in [3.8, 4) is 11.8 Å². The maximum Gasteiger partial charge on any atom is 0.271 e. The summed E-state index contributed by atoms with van der Waals surface area (Å²) < 4.78 is 1.17. The number of nitrogens with one attached hydrogen (secondary N) is 1. The van der Waals surface area contributed by atoms with Crippen molar-refractivity contribution < 1.29 is 9.90 Å². The minimum atomic E-state index is -0.532. The highest BCUT2D eigenvalue weighted by Crippen LogP contribution is 2.01. The molecule has 0 aliphatic heterocycles. The van der Waals surface area contributed by atoms with Gasteiger partial charge in [-0.1, -0.05) is 42.2 Å². The first-order chi connectivity index (χ1) is 12.2. The number of hydrogen-bond donors (Lipinski definition) is 2. The Bertz CT molecular complexity index is 1030. The molecule has 25 heavy (non-hydrogen) atoms. The number of hydrogen-bond acceptors (Lipinski definition) is 5. The van der Waals surface area contributed by atoms with Crippen LogP contribution in [0.15, 0.2) is 53.7 Å². The molecule has 0 spiro atoms. The summed E-state index contributed by atoms with van der Waals surface area (Å²) in [5.41, 5.74) is 0.749. The Morgan fingerprint density at radius 2 is 1.96 bits per heavy atom. The smallest absolute Gasteiger partial charge is 0.271 e. The summed E-state index contributed by atoms with van der Waals surface area (Å²) >= 11 is 0. The van der Waals surface area contributed by atoms with Gasteiger partial charge in [0.1, 0.15) is 12.2 Å². The van der Waals surface area contributed by atoms with Gasteiger partial charge in [0.2, 0.25) is 5.78 Å². The predicted molar refractivity (Wildman–Crippen MR) is 90.8 cm³/mol. The number of carbonyl (C=O) groups excluding carboxylic acids is 1. The molecular formula is C18H14N4O3. The monoisotopic (exact) mass is 334 g/mol. The molecule has 3 rings (SSSR count). The maximum absolute atomic E-state index is 12.5. The molecule has 0 aliphatic carbocycles. The fraction of sp³-hybridized carbons (Fsp3) is 0.111. The van der Waals surface area contributed by atoms with Crippen molar-refractivity contribution in [3.63, 3.8) is 0 Å². The molecule has 7 heteroatoms. The number of benzene rings is 1. The molecule has 0 bridgehead atoms. The van der Waals surface area contributed by atoms with E-state index in [0.717, 1.165) is 5.56 Å². The van der Waals surface area contributed by atoms with Gasteiger partial charge in [0.15, 0.2) is 0 Å². The topological polar surface area (TPSA) is 96.6 Å². The van der Waals surface area contributed by atoms with Crippen LogP contribution in [-0.4, -0.2) is 32.0 Å². The van der Waals surface area contributed by atoms with Gasteiger partial charge in [-0.05, 0) is 5.56 Å². The highest BCUT2D eigenvalue weighted by atomic mass is 16.2. The Balaban J connectivity index is 1.89. The Morgan fingerprint density at radius 1 is 1.20 bits per heavy atom. The number of fused-ring (bicyclic) bond motifs is 1. The fourth-order valence-electron chi connectivity index (χ4n) is 2.21. The minimum absolute atomic E-state index is 0.0810. The predicted octanol–water partition coefficient (Wildman–Crippen LogP) is 0.363. The van der Waals surface area contributed by atoms with Crippen LogP contribution in [0.1, 0.15) is 21.5 Å². The number of aliphatic hydroxyl groups excluding tert-OH is 1.